The number of hydrogen-bond acceptors (Lipinski definition) is 6. The van der Waals surface area contributed by atoms with Crippen molar-refractivity contribution in [1.82, 2.24) is 25.3 Å². The van der Waals surface area contributed by atoms with Gasteiger partial charge >= 0.3 is 0 Å². The summed E-state index contributed by atoms with van der Waals surface area (Å²) in [4.78, 5) is 20.5. The van der Waals surface area contributed by atoms with Gasteiger partial charge in [-0.15, -0.1) is 0 Å². The first-order chi connectivity index (χ1) is 10.1. The summed E-state index contributed by atoms with van der Waals surface area (Å²) in [5, 5.41) is 6.80. The third kappa shape index (κ3) is 5.09. The number of nitrogens with one attached hydrogen (secondary N) is 1. The number of amides is 1. The Bertz CT molecular complexity index is 454. The standard InChI is InChI=1S/C14H25N5O2/c1-4-11(2)15-13(20)9-18-5-7-19(8-6-18)10-14-16-12(3)17-21-14/h11H,4-10H2,1-3H3,(H,15,20)/t11-/m0/s1. The Kier molecular flexibility index (Phi) is 5.69. The van der Waals surface area contributed by atoms with Crippen molar-refractivity contribution >= 4 is 5.91 Å². The molecule has 21 heavy (non-hydrogen) atoms. The first-order valence-electron chi connectivity index (χ1n) is 7.60. The van der Waals surface area contributed by atoms with E-state index >= 15 is 0 Å². The Balaban J connectivity index is 1.69. The van der Waals surface area contributed by atoms with E-state index in [1.165, 1.54) is 0 Å². The van der Waals surface area contributed by atoms with Gasteiger partial charge in [0.05, 0.1) is 13.1 Å². The molecule has 0 aliphatic carbocycles. The maximum Gasteiger partial charge on any atom is 0.240 e. The van der Waals surface area contributed by atoms with E-state index in [2.05, 4.69) is 32.2 Å². The van der Waals surface area contributed by atoms with Gasteiger partial charge in [0.25, 0.3) is 0 Å². The molecular weight excluding hydrogens is 270 g/mol. The molecule has 0 aromatic carbocycles. The molecule has 1 amide bonds. The fraction of sp³-hybridized carbons (Fsp3) is 0.786. The van der Waals surface area contributed by atoms with E-state index in [-0.39, 0.29) is 11.9 Å². The number of carbonyl (C=O) groups is 1. The Labute approximate surface area is 125 Å². The van der Waals surface area contributed by atoms with Crippen LogP contribution < -0.4 is 5.32 Å². The fourth-order valence-corrected chi connectivity index (χ4v) is 2.33. The van der Waals surface area contributed by atoms with Gasteiger partial charge in [-0.2, -0.15) is 4.98 Å². The van der Waals surface area contributed by atoms with Crippen LogP contribution >= 0.6 is 0 Å². The highest BCUT2D eigenvalue weighted by molar-refractivity contribution is 5.78. The van der Waals surface area contributed by atoms with Crippen LogP contribution in [0.1, 0.15) is 32.0 Å². The molecule has 1 atom stereocenters. The average molecular weight is 295 g/mol. The summed E-state index contributed by atoms with van der Waals surface area (Å²) in [7, 11) is 0. The van der Waals surface area contributed by atoms with Crippen molar-refractivity contribution in [3.63, 3.8) is 0 Å². The topological polar surface area (TPSA) is 74.5 Å². The number of rotatable bonds is 6. The predicted octanol–water partition coefficient (Wildman–Crippen LogP) is 0.410. The molecule has 2 heterocycles. The zero-order valence-electron chi connectivity index (χ0n) is 13.1. The lowest BCUT2D eigenvalue weighted by Crippen LogP contribution is -2.49. The van der Waals surface area contributed by atoms with Crippen LogP contribution in [0.3, 0.4) is 0 Å². The van der Waals surface area contributed by atoms with Crippen molar-refractivity contribution in [1.29, 1.82) is 0 Å². The first kappa shape index (κ1) is 15.9. The van der Waals surface area contributed by atoms with Gasteiger partial charge in [-0.25, -0.2) is 0 Å². The molecule has 1 aromatic heterocycles. The summed E-state index contributed by atoms with van der Waals surface area (Å²) in [6.07, 6.45) is 0.961. The van der Waals surface area contributed by atoms with Crippen LogP contribution in [0.15, 0.2) is 4.52 Å². The van der Waals surface area contributed by atoms with Crippen LogP contribution in [0.25, 0.3) is 0 Å². The molecule has 1 aromatic rings. The molecule has 118 valence electrons. The summed E-state index contributed by atoms with van der Waals surface area (Å²) in [6.45, 7) is 10.7. The van der Waals surface area contributed by atoms with Crippen LogP contribution in [-0.4, -0.2) is 64.6 Å². The second-order valence-corrected chi connectivity index (χ2v) is 5.66. The maximum absolute atomic E-state index is 11.9. The molecule has 2 rings (SSSR count). The quantitative estimate of drug-likeness (QED) is 0.819. The van der Waals surface area contributed by atoms with Crippen LogP contribution in [0.4, 0.5) is 0 Å². The fourth-order valence-electron chi connectivity index (χ4n) is 2.33. The average Bonchev–Trinajstić information content (AvgIpc) is 2.86. The minimum Gasteiger partial charge on any atom is -0.353 e. The van der Waals surface area contributed by atoms with Crippen LogP contribution in [0.2, 0.25) is 0 Å². The number of aromatic nitrogens is 2. The molecule has 7 nitrogen and oxygen atoms in total. The largest absolute Gasteiger partial charge is 0.353 e. The Morgan fingerprint density at radius 1 is 1.33 bits per heavy atom. The van der Waals surface area contributed by atoms with Gasteiger partial charge in [-0.05, 0) is 20.3 Å². The number of nitrogens with zero attached hydrogens (tertiary/aromatic N) is 4. The Morgan fingerprint density at radius 3 is 2.57 bits per heavy atom. The molecule has 1 aliphatic rings. The lowest BCUT2D eigenvalue weighted by atomic mass is 10.2. The molecule has 0 radical (unpaired) electrons. The third-order valence-electron chi connectivity index (χ3n) is 3.78. The maximum atomic E-state index is 11.9. The minimum absolute atomic E-state index is 0.116. The highest BCUT2D eigenvalue weighted by Crippen LogP contribution is 2.07. The van der Waals surface area contributed by atoms with Crippen molar-refractivity contribution in [3.8, 4) is 0 Å². The second-order valence-electron chi connectivity index (χ2n) is 5.66. The molecule has 1 fully saturated rings. The molecule has 7 heteroatoms. The molecular formula is C14H25N5O2. The third-order valence-corrected chi connectivity index (χ3v) is 3.78. The summed E-state index contributed by atoms with van der Waals surface area (Å²) >= 11 is 0. The van der Waals surface area contributed by atoms with Crippen molar-refractivity contribution in [2.45, 2.75) is 39.8 Å². The predicted molar refractivity (Wildman–Crippen MR) is 78.6 cm³/mol. The van der Waals surface area contributed by atoms with Crippen LogP contribution in [0.5, 0.6) is 0 Å². The molecule has 1 N–H and O–H groups in total. The molecule has 1 aliphatic heterocycles. The van der Waals surface area contributed by atoms with Gasteiger partial charge in [0.1, 0.15) is 0 Å². The van der Waals surface area contributed by atoms with Gasteiger partial charge in [-0.3, -0.25) is 14.6 Å². The van der Waals surface area contributed by atoms with Gasteiger partial charge < -0.3 is 9.84 Å². The highest BCUT2D eigenvalue weighted by atomic mass is 16.5. The summed E-state index contributed by atoms with van der Waals surface area (Å²) < 4.78 is 5.13. The number of piperazine rings is 1. The van der Waals surface area contributed by atoms with Crippen molar-refractivity contribution < 1.29 is 9.32 Å². The Morgan fingerprint density at radius 2 is 2.00 bits per heavy atom. The lowest BCUT2D eigenvalue weighted by Gasteiger charge is -2.33. The zero-order valence-corrected chi connectivity index (χ0v) is 13.1. The molecule has 1 saturated heterocycles. The monoisotopic (exact) mass is 295 g/mol. The van der Waals surface area contributed by atoms with E-state index < -0.39 is 0 Å². The normalized spacial score (nSPS) is 18.6. The first-order valence-corrected chi connectivity index (χ1v) is 7.60. The molecule has 0 saturated carbocycles. The minimum atomic E-state index is 0.116. The van der Waals surface area contributed by atoms with Gasteiger partial charge in [0.2, 0.25) is 11.8 Å². The van der Waals surface area contributed by atoms with Crippen molar-refractivity contribution in [3.05, 3.63) is 11.7 Å². The highest BCUT2D eigenvalue weighted by Gasteiger charge is 2.20. The molecule has 0 unspecified atom stereocenters. The lowest BCUT2D eigenvalue weighted by molar-refractivity contribution is -0.123. The van der Waals surface area contributed by atoms with E-state index in [1.807, 2.05) is 13.8 Å². The van der Waals surface area contributed by atoms with Crippen LogP contribution in [0, 0.1) is 6.92 Å². The number of aryl methyl sites for hydroxylation is 1. The molecule has 0 bridgehead atoms. The second kappa shape index (κ2) is 7.51. The molecule has 0 spiro atoms. The summed E-state index contributed by atoms with van der Waals surface area (Å²) in [5.74, 6) is 1.45. The summed E-state index contributed by atoms with van der Waals surface area (Å²) in [5.41, 5.74) is 0. The van der Waals surface area contributed by atoms with Gasteiger partial charge in [-0.1, -0.05) is 12.1 Å². The van der Waals surface area contributed by atoms with E-state index in [0.29, 0.717) is 24.8 Å². The Hall–Kier alpha value is -1.47. The van der Waals surface area contributed by atoms with Crippen molar-refractivity contribution in [2.24, 2.45) is 0 Å². The van der Waals surface area contributed by atoms with Gasteiger partial charge in [0.15, 0.2) is 5.82 Å². The van der Waals surface area contributed by atoms with Crippen molar-refractivity contribution in [2.75, 3.05) is 32.7 Å². The zero-order chi connectivity index (χ0) is 15.2. The van der Waals surface area contributed by atoms with E-state index in [0.717, 1.165) is 32.6 Å². The van der Waals surface area contributed by atoms with E-state index in [9.17, 15) is 4.79 Å². The summed E-state index contributed by atoms with van der Waals surface area (Å²) in [6, 6.07) is 0.250. The van der Waals surface area contributed by atoms with Gasteiger partial charge in [0, 0.05) is 32.2 Å². The number of hydrogen-bond donors (Lipinski definition) is 1. The number of carbonyl (C=O) groups excluding carboxylic acids is 1. The van der Waals surface area contributed by atoms with E-state index in [1.54, 1.807) is 0 Å². The SMILES string of the molecule is CC[C@H](C)NC(=O)CN1CCN(Cc2nc(C)no2)CC1. The smallest absolute Gasteiger partial charge is 0.240 e. The van der Waals surface area contributed by atoms with E-state index in [4.69, 9.17) is 4.52 Å². The van der Waals surface area contributed by atoms with Crippen LogP contribution in [-0.2, 0) is 11.3 Å².